The van der Waals surface area contributed by atoms with Crippen LogP contribution in [0.1, 0.15) is 11.3 Å². The average molecular weight is 419 g/mol. The van der Waals surface area contributed by atoms with Gasteiger partial charge in [0.2, 0.25) is 0 Å². The summed E-state index contributed by atoms with van der Waals surface area (Å²) in [5.41, 5.74) is 2.60. The van der Waals surface area contributed by atoms with Crippen molar-refractivity contribution in [1.29, 1.82) is 0 Å². The Morgan fingerprint density at radius 2 is 1.73 bits per heavy atom. The molecule has 0 atom stereocenters. The Hall–Kier alpha value is -3.63. The van der Waals surface area contributed by atoms with E-state index < -0.39 is 16.7 Å². The number of alkyl halides is 1. The Morgan fingerprint density at radius 1 is 0.967 bits per heavy atom. The van der Waals surface area contributed by atoms with Gasteiger partial charge in [-0.05, 0) is 60.5 Å². The smallest absolute Gasteiger partial charge is 0.264 e. The number of hydrogen-bond donors (Lipinski definition) is 1. The highest BCUT2D eigenvalue weighted by Crippen LogP contribution is 2.24. The van der Waals surface area contributed by atoms with Crippen molar-refractivity contribution in [2.75, 3.05) is 17.5 Å². The van der Waals surface area contributed by atoms with E-state index in [0.717, 1.165) is 21.0 Å². The first-order chi connectivity index (χ1) is 14.6. The molecule has 0 amide bonds. The summed E-state index contributed by atoms with van der Waals surface area (Å²) >= 11 is 0. The maximum Gasteiger partial charge on any atom is 0.264 e. The van der Waals surface area contributed by atoms with Crippen LogP contribution in [0.15, 0.2) is 83.9 Å². The quantitative estimate of drug-likeness (QED) is 0.495. The molecule has 0 fully saturated rings. The Kier molecular flexibility index (Phi) is 5.50. The van der Waals surface area contributed by atoms with Gasteiger partial charge in [-0.15, -0.1) is 0 Å². The van der Waals surface area contributed by atoms with E-state index in [9.17, 15) is 12.8 Å². The normalized spacial score (nSPS) is 11.1. The zero-order valence-corrected chi connectivity index (χ0v) is 16.7. The first kappa shape index (κ1) is 19.7. The van der Waals surface area contributed by atoms with Crippen LogP contribution < -0.4 is 4.31 Å². The van der Waals surface area contributed by atoms with Gasteiger partial charge in [0, 0.05) is 17.1 Å². The van der Waals surface area contributed by atoms with Gasteiger partial charge >= 0.3 is 0 Å². The van der Waals surface area contributed by atoms with Crippen LogP contribution in [0.25, 0.3) is 11.0 Å². The number of nitrogens with one attached hydrogen (secondary N) is 1. The predicted molar refractivity (Wildman–Crippen MR) is 115 cm³/mol. The third-order valence-corrected chi connectivity index (χ3v) is 6.35. The lowest BCUT2D eigenvalue weighted by atomic mass is 10.2. The van der Waals surface area contributed by atoms with E-state index in [1.165, 1.54) is 12.1 Å². The summed E-state index contributed by atoms with van der Waals surface area (Å²) < 4.78 is 40.0. The summed E-state index contributed by atoms with van der Waals surface area (Å²) in [6.45, 7) is -1.05. The average Bonchev–Trinajstić information content (AvgIpc) is 3.20. The van der Waals surface area contributed by atoms with Crippen LogP contribution in [0.5, 0.6) is 0 Å². The van der Waals surface area contributed by atoms with Crippen LogP contribution in [-0.4, -0.2) is 31.6 Å². The van der Waals surface area contributed by atoms with Gasteiger partial charge in [-0.1, -0.05) is 24.1 Å². The summed E-state index contributed by atoms with van der Waals surface area (Å²) in [7, 11) is -3.85. The molecular formula is C23H18FN3O2S. The molecule has 0 radical (unpaired) electrons. The molecule has 0 spiro atoms. The molecule has 5 nitrogen and oxygen atoms in total. The molecule has 7 heteroatoms. The van der Waals surface area contributed by atoms with E-state index in [4.69, 9.17) is 0 Å². The van der Waals surface area contributed by atoms with Crippen molar-refractivity contribution < 1.29 is 12.8 Å². The zero-order valence-electron chi connectivity index (χ0n) is 15.9. The van der Waals surface area contributed by atoms with E-state index >= 15 is 0 Å². The van der Waals surface area contributed by atoms with Gasteiger partial charge in [-0.25, -0.2) is 17.8 Å². The van der Waals surface area contributed by atoms with Crippen LogP contribution in [-0.2, 0) is 10.0 Å². The van der Waals surface area contributed by atoms with Crippen molar-refractivity contribution in [3.63, 3.8) is 0 Å². The third kappa shape index (κ3) is 4.04. The molecule has 0 aliphatic heterocycles. The fraction of sp³-hybridized carbons (Fsp3) is 0.0870. The minimum absolute atomic E-state index is 0.120. The summed E-state index contributed by atoms with van der Waals surface area (Å²) in [5, 5.41) is 0.977. The van der Waals surface area contributed by atoms with Crippen LogP contribution in [0.3, 0.4) is 0 Å². The summed E-state index contributed by atoms with van der Waals surface area (Å²) in [5.74, 6) is 6.08. The number of nitrogens with zero attached hydrogens (tertiary/aromatic N) is 2. The van der Waals surface area contributed by atoms with Crippen LogP contribution in [0.2, 0.25) is 0 Å². The Bertz CT molecular complexity index is 1290. The predicted octanol–water partition coefficient (Wildman–Crippen LogP) is 4.13. The van der Waals surface area contributed by atoms with Gasteiger partial charge in [0.05, 0.1) is 22.8 Å². The second kappa shape index (κ2) is 8.39. The van der Waals surface area contributed by atoms with Gasteiger partial charge in [0.1, 0.15) is 12.3 Å². The van der Waals surface area contributed by atoms with Crippen molar-refractivity contribution in [3.05, 3.63) is 90.3 Å². The topological polar surface area (TPSA) is 66.1 Å². The van der Waals surface area contributed by atoms with E-state index in [1.807, 2.05) is 18.2 Å². The number of hydrogen-bond acceptors (Lipinski definition) is 3. The molecule has 30 heavy (non-hydrogen) atoms. The molecule has 4 rings (SSSR count). The molecule has 1 N–H and O–H groups in total. The lowest BCUT2D eigenvalue weighted by Gasteiger charge is -2.23. The number of sulfonamides is 1. The fourth-order valence-electron chi connectivity index (χ4n) is 3.06. The lowest BCUT2D eigenvalue weighted by molar-refractivity contribution is 0.499. The highest BCUT2D eigenvalue weighted by molar-refractivity contribution is 7.92. The van der Waals surface area contributed by atoms with Gasteiger partial charge in [0.15, 0.2) is 0 Å². The van der Waals surface area contributed by atoms with Crippen molar-refractivity contribution in [1.82, 2.24) is 9.97 Å². The number of pyridine rings is 1. The van der Waals surface area contributed by atoms with E-state index in [2.05, 4.69) is 21.8 Å². The number of halogens is 1. The van der Waals surface area contributed by atoms with Gasteiger partial charge < -0.3 is 4.98 Å². The zero-order chi connectivity index (χ0) is 21.0. The van der Waals surface area contributed by atoms with Gasteiger partial charge in [-0.3, -0.25) is 4.31 Å². The van der Waals surface area contributed by atoms with Crippen LogP contribution in [0.4, 0.5) is 10.1 Å². The van der Waals surface area contributed by atoms with Crippen molar-refractivity contribution in [2.24, 2.45) is 0 Å². The molecule has 2 aromatic heterocycles. The molecule has 2 heterocycles. The molecule has 0 unspecified atom stereocenters. The largest absolute Gasteiger partial charge is 0.333 e. The third-order valence-electron chi connectivity index (χ3n) is 4.51. The molecule has 0 aliphatic rings. The number of aromatic nitrogens is 2. The monoisotopic (exact) mass is 419 g/mol. The molecule has 0 aliphatic carbocycles. The number of H-pyrrole nitrogens is 1. The summed E-state index contributed by atoms with van der Waals surface area (Å²) in [6, 6.07) is 20.4. The molecular weight excluding hydrogens is 401 g/mol. The lowest BCUT2D eigenvalue weighted by Crippen LogP contribution is -2.32. The standard InChI is InChI=1S/C23H18FN3O2S/c24-14-16-27(30(28,29)22-6-2-1-3-7-22)21-12-9-18(10-13-21)8-11-20-17-19-5-4-15-25-23(19)26-20/h1-7,9-10,12-13,15,17H,14,16H2,(H,25,26). The first-order valence-electron chi connectivity index (χ1n) is 9.27. The maximum atomic E-state index is 13.1. The molecule has 2 aromatic carbocycles. The SMILES string of the molecule is O=S(=O)(c1ccccc1)N(CCF)c1ccc(C#Cc2cc3cccnc3[nH]2)cc1. The highest BCUT2D eigenvalue weighted by Gasteiger charge is 2.24. The fourth-order valence-corrected chi connectivity index (χ4v) is 4.52. The van der Waals surface area contributed by atoms with Crippen LogP contribution in [0, 0.1) is 11.8 Å². The molecule has 0 saturated carbocycles. The number of aromatic amines is 1. The Labute approximate surface area is 174 Å². The molecule has 0 saturated heterocycles. The van der Waals surface area contributed by atoms with E-state index in [1.54, 1.807) is 48.7 Å². The van der Waals surface area contributed by atoms with Crippen LogP contribution >= 0.6 is 0 Å². The van der Waals surface area contributed by atoms with Crippen molar-refractivity contribution >= 4 is 26.7 Å². The second-order valence-corrected chi connectivity index (χ2v) is 8.36. The minimum Gasteiger partial charge on any atom is -0.333 e. The van der Waals surface area contributed by atoms with E-state index in [-0.39, 0.29) is 11.4 Å². The molecule has 0 bridgehead atoms. The molecule has 150 valence electrons. The number of fused-ring (bicyclic) bond motifs is 1. The second-order valence-electron chi connectivity index (χ2n) is 6.50. The highest BCUT2D eigenvalue weighted by atomic mass is 32.2. The summed E-state index contributed by atoms with van der Waals surface area (Å²) in [6.07, 6.45) is 1.71. The molecule has 4 aromatic rings. The number of benzene rings is 2. The Balaban J connectivity index is 1.60. The minimum atomic E-state index is -3.85. The summed E-state index contributed by atoms with van der Waals surface area (Å²) in [4.78, 5) is 7.49. The maximum absolute atomic E-state index is 13.1. The Morgan fingerprint density at radius 3 is 2.43 bits per heavy atom. The van der Waals surface area contributed by atoms with Crippen molar-refractivity contribution in [3.8, 4) is 11.8 Å². The number of rotatable bonds is 5. The van der Waals surface area contributed by atoms with Gasteiger partial charge in [0.25, 0.3) is 10.0 Å². The van der Waals surface area contributed by atoms with E-state index in [0.29, 0.717) is 11.3 Å². The number of anilines is 1. The van der Waals surface area contributed by atoms with Gasteiger partial charge in [-0.2, -0.15) is 0 Å². The van der Waals surface area contributed by atoms with Crippen molar-refractivity contribution in [2.45, 2.75) is 4.90 Å². The first-order valence-corrected chi connectivity index (χ1v) is 10.7.